The van der Waals surface area contributed by atoms with Gasteiger partial charge in [-0.15, -0.1) is 0 Å². The van der Waals surface area contributed by atoms with Gasteiger partial charge >= 0.3 is 0 Å². The minimum Gasteiger partial charge on any atom is -0.465 e. The number of fused-ring (bicyclic) bond motifs is 1. The number of hydrogen-bond acceptors (Lipinski definition) is 3. The number of piperidine rings is 1. The summed E-state index contributed by atoms with van der Waals surface area (Å²) in [6, 6.07) is 8.96. The van der Waals surface area contributed by atoms with Crippen LogP contribution in [0.1, 0.15) is 83.5 Å². The molecule has 3 nitrogen and oxygen atoms in total. The van der Waals surface area contributed by atoms with Crippen molar-refractivity contribution < 1.29 is 9.47 Å². The van der Waals surface area contributed by atoms with E-state index in [0.717, 1.165) is 11.7 Å². The molecule has 1 aromatic rings. The molecule has 4 aliphatic heterocycles. The maximum atomic E-state index is 7.73. The number of nitrogens with zero attached hydrogens (tertiary/aromatic N) is 1. The molecule has 4 heterocycles. The fourth-order valence-electron chi connectivity index (χ4n) is 10.2. The molecule has 0 amide bonds. The van der Waals surface area contributed by atoms with Crippen LogP contribution in [0.15, 0.2) is 24.3 Å². The van der Waals surface area contributed by atoms with Crippen LogP contribution in [-0.2, 0) is 4.74 Å². The van der Waals surface area contributed by atoms with E-state index in [1.54, 1.807) is 0 Å². The molecular formula is C26H33NO2. The van der Waals surface area contributed by atoms with Gasteiger partial charge in [0.05, 0.1) is 16.7 Å². The van der Waals surface area contributed by atoms with Crippen molar-refractivity contribution in [1.82, 2.24) is 0 Å². The highest BCUT2D eigenvalue weighted by Gasteiger charge is 2.87. The van der Waals surface area contributed by atoms with Gasteiger partial charge in [-0.05, 0) is 75.8 Å². The predicted octanol–water partition coefficient (Wildman–Crippen LogP) is 6.02. The summed E-state index contributed by atoms with van der Waals surface area (Å²) >= 11 is 0. The van der Waals surface area contributed by atoms with Crippen LogP contribution in [0.2, 0.25) is 0 Å². The maximum absolute atomic E-state index is 7.73. The zero-order chi connectivity index (χ0) is 18.9. The normalized spacial score (nSPS) is 53.4. The van der Waals surface area contributed by atoms with Crippen LogP contribution in [0.4, 0.5) is 5.69 Å². The Kier molecular flexibility index (Phi) is 2.83. The number of anilines is 1. The molecule has 7 atom stereocenters. The second-order valence-electron chi connectivity index (χ2n) is 11.4. The van der Waals surface area contributed by atoms with Crippen molar-refractivity contribution in [2.24, 2.45) is 23.2 Å². The number of benzene rings is 1. The summed E-state index contributed by atoms with van der Waals surface area (Å²) in [7, 11) is 0. The lowest BCUT2D eigenvalue weighted by atomic mass is 9.37. The molecular weight excluding hydrogens is 358 g/mol. The quantitative estimate of drug-likeness (QED) is 0.540. The molecule has 154 valence electrons. The van der Waals surface area contributed by atoms with E-state index in [2.05, 4.69) is 29.2 Å². The van der Waals surface area contributed by atoms with Crippen molar-refractivity contribution in [3.8, 4) is 5.75 Å². The Hall–Kier alpha value is -1.22. The summed E-state index contributed by atoms with van der Waals surface area (Å²) in [6.45, 7) is 0. The van der Waals surface area contributed by atoms with Gasteiger partial charge in [0, 0.05) is 11.8 Å². The Balaban J connectivity index is 1.46. The van der Waals surface area contributed by atoms with Crippen molar-refractivity contribution in [2.75, 3.05) is 4.90 Å². The summed E-state index contributed by atoms with van der Waals surface area (Å²) in [5.41, 5.74) is 1.37. The number of ether oxygens (including phenoxy) is 2. The lowest BCUT2D eigenvalue weighted by molar-refractivity contribution is -0.423. The second kappa shape index (κ2) is 4.98. The molecule has 3 heteroatoms. The Morgan fingerprint density at radius 3 is 2.62 bits per heavy atom. The third-order valence-electron chi connectivity index (χ3n) is 10.8. The zero-order valence-corrected chi connectivity index (χ0v) is 17.5. The second-order valence-corrected chi connectivity index (χ2v) is 11.4. The fourth-order valence-corrected chi connectivity index (χ4v) is 10.2. The molecule has 0 N–H and O–H groups in total. The summed E-state index contributed by atoms with van der Waals surface area (Å²) in [5, 5.41) is 0. The minimum absolute atomic E-state index is 0.0779. The van der Waals surface area contributed by atoms with Crippen molar-refractivity contribution in [3.63, 3.8) is 0 Å². The lowest BCUT2D eigenvalue weighted by Gasteiger charge is -2.82. The largest absolute Gasteiger partial charge is 0.465 e. The van der Waals surface area contributed by atoms with E-state index in [-0.39, 0.29) is 22.5 Å². The van der Waals surface area contributed by atoms with Crippen molar-refractivity contribution in [1.29, 1.82) is 0 Å². The third kappa shape index (κ3) is 1.50. The molecule has 8 aliphatic rings. The van der Waals surface area contributed by atoms with E-state index < -0.39 is 0 Å². The molecule has 5 bridgehead atoms. The van der Waals surface area contributed by atoms with Crippen LogP contribution < -0.4 is 9.64 Å². The predicted molar refractivity (Wildman–Crippen MR) is 112 cm³/mol. The highest BCUT2D eigenvalue weighted by Crippen LogP contribution is 2.81. The zero-order valence-electron chi connectivity index (χ0n) is 17.5. The van der Waals surface area contributed by atoms with Crippen LogP contribution in [0.3, 0.4) is 0 Å². The molecule has 5 unspecified atom stereocenters. The molecule has 9 rings (SSSR count). The van der Waals surface area contributed by atoms with Crippen LogP contribution in [0, 0.1) is 23.2 Å². The van der Waals surface area contributed by atoms with Crippen molar-refractivity contribution in [2.45, 2.75) is 101 Å². The van der Waals surface area contributed by atoms with E-state index in [1.807, 2.05) is 0 Å². The number of hydrogen-bond donors (Lipinski definition) is 0. The van der Waals surface area contributed by atoms with Gasteiger partial charge in [0.15, 0.2) is 5.72 Å². The highest BCUT2D eigenvalue weighted by atomic mass is 16.6. The van der Waals surface area contributed by atoms with Gasteiger partial charge in [-0.25, -0.2) is 0 Å². The average molecular weight is 392 g/mol. The first kappa shape index (κ1) is 16.5. The van der Waals surface area contributed by atoms with Crippen LogP contribution in [0.25, 0.3) is 0 Å². The topological polar surface area (TPSA) is 21.7 Å². The SMILES string of the molecule is c1ccc2c(c1)OC13C4CCCC15C[C@@H]1CCCC[C@]1(OC51CCCCC1C4)N23. The van der Waals surface area contributed by atoms with E-state index in [0.29, 0.717) is 11.8 Å². The first-order valence-electron chi connectivity index (χ1n) is 12.5. The van der Waals surface area contributed by atoms with Gasteiger partial charge in [-0.1, -0.05) is 37.8 Å². The van der Waals surface area contributed by atoms with Gasteiger partial charge in [-0.3, -0.25) is 0 Å². The van der Waals surface area contributed by atoms with Crippen molar-refractivity contribution >= 4 is 5.69 Å². The molecule has 7 fully saturated rings. The van der Waals surface area contributed by atoms with E-state index in [4.69, 9.17) is 9.47 Å². The van der Waals surface area contributed by atoms with Gasteiger partial charge in [-0.2, -0.15) is 0 Å². The molecule has 0 radical (unpaired) electrons. The average Bonchev–Trinajstić information content (AvgIpc) is 3.09. The minimum atomic E-state index is -0.130. The van der Waals surface area contributed by atoms with Crippen LogP contribution >= 0.6 is 0 Å². The van der Waals surface area contributed by atoms with E-state index >= 15 is 0 Å². The highest BCUT2D eigenvalue weighted by molar-refractivity contribution is 5.69. The third-order valence-corrected chi connectivity index (χ3v) is 10.8. The summed E-state index contributed by atoms with van der Waals surface area (Å²) in [5.74, 6) is 3.26. The molecule has 4 saturated carbocycles. The molecule has 4 aliphatic carbocycles. The van der Waals surface area contributed by atoms with Gasteiger partial charge in [0.2, 0.25) is 0 Å². The molecule has 29 heavy (non-hydrogen) atoms. The number of para-hydroxylation sites is 2. The first-order valence-corrected chi connectivity index (χ1v) is 12.5. The van der Waals surface area contributed by atoms with Crippen LogP contribution in [-0.4, -0.2) is 17.1 Å². The number of rotatable bonds is 0. The molecule has 4 spiro atoms. The Morgan fingerprint density at radius 1 is 0.828 bits per heavy atom. The Labute approximate surface area is 174 Å². The smallest absolute Gasteiger partial charge is 0.196 e. The summed E-state index contributed by atoms with van der Waals surface area (Å²) < 4.78 is 15.0. The van der Waals surface area contributed by atoms with Gasteiger partial charge in [0.25, 0.3) is 0 Å². The lowest BCUT2D eigenvalue weighted by Crippen LogP contribution is -2.92. The van der Waals surface area contributed by atoms with Gasteiger partial charge in [0.1, 0.15) is 11.5 Å². The Bertz CT molecular complexity index is 900. The Morgan fingerprint density at radius 2 is 1.66 bits per heavy atom. The fraction of sp³-hybridized carbons (Fsp3) is 0.769. The standard InChI is InChI=1S/C26H33NO2/c1-2-12-22-21(11-1)27-25-15-6-4-9-20(25)17-23-13-7-10-19(26(23,27)28-22)16-18-8-3-5-14-24(18,23)29-25/h1-2,11-12,18-20H,3-10,13-17H2/t18?,19?,20-,23?,24?,25+,26?/m0/s1. The summed E-state index contributed by atoms with van der Waals surface area (Å²) in [6.07, 6.45) is 17.4. The first-order chi connectivity index (χ1) is 14.3. The van der Waals surface area contributed by atoms with E-state index in [1.165, 1.54) is 89.2 Å². The van der Waals surface area contributed by atoms with Crippen molar-refractivity contribution in [3.05, 3.63) is 24.3 Å². The summed E-state index contributed by atoms with van der Waals surface area (Å²) in [4.78, 5) is 2.81. The monoisotopic (exact) mass is 391 g/mol. The van der Waals surface area contributed by atoms with Crippen LogP contribution in [0.5, 0.6) is 5.75 Å². The molecule has 1 aromatic carbocycles. The maximum Gasteiger partial charge on any atom is 0.196 e. The van der Waals surface area contributed by atoms with Gasteiger partial charge < -0.3 is 14.4 Å². The van der Waals surface area contributed by atoms with E-state index in [9.17, 15) is 0 Å². The molecule has 0 aromatic heterocycles. The molecule has 3 saturated heterocycles.